The number of aromatic amines is 1. The largest absolute Gasteiger partial charge is 0.496 e. The van der Waals surface area contributed by atoms with E-state index in [4.69, 9.17) is 18.9 Å². The molecule has 1 heterocycles. The van der Waals surface area contributed by atoms with Crippen LogP contribution in [-0.4, -0.2) is 44.7 Å². The number of benzene rings is 2. The van der Waals surface area contributed by atoms with Crippen LogP contribution in [0.15, 0.2) is 42.6 Å². The molecule has 0 amide bonds. The minimum atomic E-state index is -0.640. The number of H-pyrrole nitrogens is 1. The first-order chi connectivity index (χ1) is 15.0. The highest BCUT2D eigenvalue weighted by atomic mass is 16.5. The number of aromatic nitrogens is 1. The van der Waals surface area contributed by atoms with Crippen molar-refractivity contribution < 1.29 is 28.5 Å². The number of carbonyl (C=O) groups excluding carboxylic acids is 2. The molecule has 0 spiro atoms. The van der Waals surface area contributed by atoms with Crippen molar-refractivity contribution in [3.63, 3.8) is 0 Å². The van der Waals surface area contributed by atoms with E-state index in [9.17, 15) is 9.59 Å². The van der Waals surface area contributed by atoms with E-state index in [0.717, 1.165) is 22.9 Å². The van der Waals surface area contributed by atoms with Crippen molar-refractivity contribution in [2.45, 2.75) is 13.3 Å². The normalized spacial score (nSPS) is 11.0. The van der Waals surface area contributed by atoms with Gasteiger partial charge in [0.05, 0.1) is 21.3 Å². The lowest BCUT2D eigenvalue weighted by atomic mass is 10.1. The quantitative estimate of drug-likeness (QED) is 0.315. The predicted molar refractivity (Wildman–Crippen MR) is 118 cm³/mol. The van der Waals surface area contributed by atoms with E-state index < -0.39 is 5.97 Å². The fraction of sp³-hybridized carbons (Fsp3) is 0.250. The predicted octanol–water partition coefficient (Wildman–Crippen LogP) is 4.20. The monoisotopic (exact) mass is 423 g/mol. The number of rotatable bonds is 9. The van der Waals surface area contributed by atoms with Crippen molar-refractivity contribution in [1.29, 1.82) is 0 Å². The van der Waals surface area contributed by atoms with Gasteiger partial charge in [0.15, 0.2) is 18.1 Å². The maximum Gasteiger partial charge on any atom is 0.331 e. The average Bonchev–Trinajstić information content (AvgIpc) is 3.24. The minimum absolute atomic E-state index is 0.273. The van der Waals surface area contributed by atoms with E-state index in [0.29, 0.717) is 28.4 Å². The highest BCUT2D eigenvalue weighted by molar-refractivity contribution is 6.09. The molecule has 0 bridgehead atoms. The molecule has 31 heavy (non-hydrogen) atoms. The van der Waals surface area contributed by atoms with Gasteiger partial charge in [0.2, 0.25) is 5.78 Å². The number of ether oxygens (including phenoxy) is 4. The van der Waals surface area contributed by atoms with Crippen LogP contribution in [0.4, 0.5) is 0 Å². The Hall–Kier alpha value is -3.74. The standard InChI is InChI=1S/C24H25NO6/c1-5-15-7-6-8-17-18(13-25-24(15)17)19(26)14-31-23(27)10-9-16-11-21(29-3)22(30-4)12-20(16)28-2/h6-13,25H,5,14H2,1-4H3/b10-9+. The molecule has 0 saturated carbocycles. The molecule has 0 saturated heterocycles. The number of esters is 1. The van der Waals surface area contributed by atoms with Gasteiger partial charge in [-0.3, -0.25) is 4.79 Å². The molecule has 7 heteroatoms. The second kappa shape index (κ2) is 9.84. The van der Waals surface area contributed by atoms with Gasteiger partial charge < -0.3 is 23.9 Å². The highest BCUT2D eigenvalue weighted by Gasteiger charge is 2.15. The second-order valence-electron chi connectivity index (χ2n) is 6.71. The van der Waals surface area contributed by atoms with Crippen molar-refractivity contribution >= 4 is 28.7 Å². The van der Waals surface area contributed by atoms with E-state index in [-0.39, 0.29) is 12.4 Å². The Labute approximate surface area is 180 Å². The van der Waals surface area contributed by atoms with Gasteiger partial charge in [-0.05, 0) is 24.1 Å². The smallest absolute Gasteiger partial charge is 0.331 e. The Morgan fingerprint density at radius 1 is 1.00 bits per heavy atom. The number of hydrogen-bond acceptors (Lipinski definition) is 6. The summed E-state index contributed by atoms with van der Waals surface area (Å²) in [4.78, 5) is 27.9. The maximum absolute atomic E-state index is 12.6. The van der Waals surface area contributed by atoms with Gasteiger partial charge in [-0.25, -0.2) is 4.79 Å². The highest BCUT2D eigenvalue weighted by Crippen LogP contribution is 2.35. The molecule has 3 rings (SSSR count). The van der Waals surface area contributed by atoms with Crippen LogP contribution in [0.2, 0.25) is 0 Å². The summed E-state index contributed by atoms with van der Waals surface area (Å²) in [6, 6.07) is 9.15. The molecule has 3 aromatic rings. The van der Waals surface area contributed by atoms with Crippen LogP contribution in [0.5, 0.6) is 17.2 Å². The van der Waals surface area contributed by atoms with E-state index in [1.54, 1.807) is 18.3 Å². The van der Waals surface area contributed by atoms with Gasteiger partial charge in [0.25, 0.3) is 0 Å². The van der Waals surface area contributed by atoms with Crippen molar-refractivity contribution in [2.75, 3.05) is 27.9 Å². The number of Topliss-reactive ketones (excluding diaryl/α,β-unsaturated/α-hetero) is 1. The van der Waals surface area contributed by atoms with Crippen LogP contribution in [0.25, 0.3) is 17.0 Å². The number of methoxy groups -OCH3 is 3. The zero-order valence-electron chi connectivity index (χ0n) is 18.0. The number of fused-ring (bicyclic) bond motifs is 1. The van der Waals surface area contributed by atoms with Crippen molar-refractivity contribution in [1.82, 2.24) is 4.98 Å². The van der Waals surface area contributed by atoms with E-state index in [1.165, 1.54) is 33.5 Å². The summed E-state index contributed by atoms with van der Waals surface area (Å²) >= 11 is 0. The van der Waals surface area contributed by atoms with Crippen molar-refractivity contribution in [2.24, 2.45) is 0 Å². The Balaban J connectivity index is 1.69. The van der Waals surface area contributed by atoms with Crippen molar-refractivity contribution in [3.8, 4) is 17.2 Å². The lowest BCUT2D eigenvalue weighted by Gasteiger charge is -2.12. The first kappa shape index (κ1) is 22.0. The van der Waals surface area contributed by atoms with Crippen molar-refractivity contribution in [3.05, 3.63) is 59.3 Å². The number of hydrogen-bond donors (Lipinski definition) is 1. The molecule has 0 radical (unpaired) electrons. The molecule has 1 N–H and O–H groups in total. The minimum Gasteiger partial charge on any atom is -0.496 e. The van der Waals surface area contributed by atoms with Gasteiger partial charge in [0.1, 0.15) is 5.75 Å². The fourth-order valence-electron chi connectivity index (χ4n) is 3.35. The van der Waals surface area contributed by atoms with Crippen LogP contribution in [0.3, 0.4) is 0 Å². The molecule has 0 aliphatic rings. The third-order valence-corrected chi connectivity index (χ3v) is 4.96. The Morgan fingerprint density at radius 2 is 1.71 bits per heavy atom. The average molecular weight is 423 g/mol. The SMILES string of the molecule is CCc1cccc2c(C(=O)COC(=O)/C=C/c3cc(OC)c(OC)cc3OC)c[nH]c12. The summed E-state index contributed by atoms with van der Waals surface area (Å²) in [5, 5.41) is 0.825. The third kappa shape index (κ3) is 4.71. The Bertz CT molecular complexity index is 1130. The summed E-state index contributed by atoms with van der Waals surface area (Å²) in [5.41, 5.74) is 3.16. The molecule has 0 aliphatic heterocycles. The summed E-state index contributed by atoms with van der Waals surface area (Å²) in [6.07, 6.45) is 5.28. The van der Waals surface area contributed by atoms with Crippen LogP contribution < -0.4 is 14.2 Å². The topological polar surface area (TPSA) is 86.9 Å². The molecule has 0 aliphatic carbocycles. The maximum atomic E-state index is 12.6. The van der Waals surface area contributed by atoms with Gasteiger partial charge in [-0.1, -0.05) is 25.1 Å². The van der Waals surface area contributed by atoms with Crippen LogP contribution >= 0.6 is 0 Å². The third-order valence-electron chi connectivity index (χ3n) is 4.96. The van der Waals surface area contributed by atoms with Crippen LogP contribution in [-0.2, 0) is 16.0 Å². The molecule has 0 fully saturated rings. The van der Waals surface area contributed by atoms with Crippen LogP contribution in [0, 0.1) is 0 Å². The Kier molecular flexibility index (Phi) is 6.97. The Morgan fingerprint density at radius 3 is 2.39 bits per heavy atom. The van der Waals surface area contributed by atoms with Gasteiger partial charge >= 0.3 is 5.97 Å². The van der Waals surface area contributed by atoms with E-state index >= 15 is 0 Å². The first-order valence-electron chi connectivity index (χ1n) is 9.79. The number of nitrogens with one attached hydrogen (secondary N) is 1. The number of para-hydroxylation sites is 1. The molecule has 0 atom stereocenters. The molecule has 2 aromatic carbocycles. The summed E-state index contributed by atoms with van der Waals surface area (Å²) < 4.78 is 21.0. The van der Waals surface area contributed by atoms with Crippen LogP contribution in [0.1, 0.15) is 28.4 Å². The molecule has 162 valence electrons. The molecule has 7 nitrogen and oxygen atoms in total. The van der Waals surface area contributed by atoms with E-state index in [1.807, 2.05) is 18.2 Å². The zero-order chi connectivity index (χ0) is 22.4. The molecular formula is C24H25NO6. The fourth-order valence-corrected chi connectivity index (χ4v) is 3.35. The number of ketones is 1. The zero-order valence-corrected chi connectivity index (χ0v) is 18.0. The van der Waals surface area contributed by atoms with Gasteiger partial charge in [0, 0.05) is 40.4 Å². The second-order valence-corrected chi connectivity index (χ2v) is 6.71. The lowest BCUT2D eigenvalue weighted by molar-refractivity contribution is -0.136. The summed E-state index contributed by atoms with van der Waals surface area (Å²) in [7, 11) is 4.56. The first-order valence-corrected chi connectivity index (χ1v) is 9.79. The van der Waals surface area contributed by atoms with Gasteiger partial charge in [-0.15, -0.1) is 0 Å². The van der Waals surface area contributed by atoms with Gasteiger partial charge in [-0.2, -0.15) is 0 Å². The lowest BCUT2D eigenvalue weighted by Crippen LogP contribution is -2.12. The summed E-state index contributed by atoms with van der Waals surface area (Å²) in [5.74, 6) is 0.597. The molecule has 1 aromatic heterocycles. The van der Waals surface area contributed by atoms with E-state index in [2.05, 4.69) is 11.9 Å². The number of carbonyl (C=O) groups is 2. The molecular weight excluding hydrogens is 398 g/mol. The number of aryl methyl sites for hydroxylation is 1. The molecule has 0 unspecified atom stereocenters. The summed E-state index contributed by atoms with van der Waals surface area (Å²) in [6.45, 7) is 1.70.